The van der Waals surface area contributed by atoms with Crippen LogP contribution in [0.25, 0.3) is 0 Å². The molecule has 0 radical (unpaired) electrons. The summed E-state index contributed by atoms with van der Waals surface area (Å²) in [5.74, 6) is 0. The van der Waals surface area contributed by atoms with Crippen molar-refractivity contribution in [2.45, 2.75) is 39.7 Å². The topological polar surface area (TPSA) is 20.2 Å². The highest BCUT2D eigenvalue weighted by molar-refractivity contribution is 5.33. The first-order valence-electron chi connectivity index (χ1n) is 4.66. The third-order valence-corrected chi connectivity index (χ3v) is 2.38. The molecule has 0 saturated heterocycles. The summed E-state index contributed by atoms with van der Waals surface area (Å²) in [5.41, 5.74) is 3.71. The molecule has 1 aromatic rings. The fraction of sp³-hybridized carbons (Fsp3) is 0.500. The van der Waals surface area contributed by atoms with E-state index in [0.717, 1.165) is 5.56 Å². The molecule has 0 heterocycles. The molecule has 1 nitrogen and oxygen atoms in total. The second kappa shape index (κ2) is 3.51. The van der Waals surface area contributed by atoms with Gasteiger partial charge in [-0.3, -0.25) is 0 Å². The molecular weight excluding hydrogens is 160 g/mol. The van der Waals surface area contributed by atoms with E-state index in [-0.39, 0.29) is 12.0 Å². The molecular formula is C12H18O. The van der Waals surface area contributed by atoms with E-state index in [1.165, 1.54) is 11.1 Å². The predicted molar refractivity (Wildman–Crippen MR) is 55.8 cm³/mol. The van der Waals surface area contributed by atoms with Gasteiger partial charge in [-0.05, 0) is 29.0 Å². The van der Waals surface area contributed by atoms with Gasteiger partial charge in [0.15, 0.2) is 0 Å². The molecule has 1 aromatic carbocycles. The largest absolute Gasteiger partial charge is 0.392 e. The van der Waals surface area contributed by atoms with Gasteiger partial charge in [-0.1, -0.05) is 39.0 Å². The molecule has 0 aromatic heterocycles. The third kappa shape index (κ3) is 2.31. The Hall–Kier alpha value is -0.820. The van der Waals surface area contributed by atoms with E-state index < -0.39 is 0 Å². The highest BCUT2D eigenvalue weighted by Crippen LogP contribution is 2.24. The molecule has 0 atom stereocenters. The quantitative estimate of drug-likeness (QED) is 0.701. The van der Waals surface area contributed by atoms with Gasteiger partial charge in [-0.15, -0.1) is 0 Å². The minimum absolute atomic E-state index is 0.135. The van der Waals surface area contributed by atoms with E-state index >= 15 is 0 Å². The Bertz CT molecular complexity index is 294. The van der Waals surface area contributed by atoms with E-state index in [9.17, 15) is 0 Å². The Labute approximate surface area is 80.4 Å². The van der Waals surface area contributed by atoms with Crippen LogP contribution in [-0.2, 0) is 12.0 Å². The van der Waals surface area contributed by atoms with E-state index in [0.29, 0.717) is 0 Å². The molecule has 0 saturated carbocycles. The Kier molecular flexibility index (Phi) is 2.77. The van der Waals surface area contributed by atoms with Crippen LogP contribution in [0, 0.1) is 6.92 Å². The number of hydrogen-bond donors (Lipinski definition) is 1. The highest BCUT2D eigenvalue weighted by Gasteiger charge is 2.13. The van der Waals surface area contributed by atoms with Crippen LogP contribution < -0.4 is 0 Å². The summed E-state index contributed by atoms with van der Waals surface area (Å²) in [6.07, 6.45) is 0. The fourth-order valence-corrected chi connectivity index (χ4v) is 1.34. The summed E-state index contributed by atoms with van der Waals surface area (Å²) in [5, 5.41) is 9.01. The maximum absolute atomic E-state index is 9.01. The molecule has 0 aliphatic heterocycles. The molecule has 1 heteroatoms. The van der Waals surface area contributed by atoms with Crippen LogP contribution >= 0.6 is 0 Å². The van der Waals surface area contributed by atoms with Crippen molar-refractivity contribution >= 4 is 0 Å². The van der Waals surface area contributed by atoms with Gasteiger partial charge in [-0.25, -0.2) is 0 Å². The van der Waals surface area contributed by atoms with Crippen molar-refractivity contribution in [3.8, 4) is 0 Å². The third-order valence-electron chi connectivity index (χ3n) is 2.38. The normalized spacial score (nSPS) is 11.8. The molecule has 0 unspecified atom stereocenters. The van der Waals surface area contributed by atoms with Crippen molar-refractivity contribution in [3.63, 3.8) is 0 Å². The number of benzene rings is 1. The minimum atomic E-state index is 0.135. The van der Waals surface area contributed by atoms with Gasteiger partial charge in [0, 0.05) is 0 Å². The standard InChI is InChI=1S/C12H18O/c1-9-7-11(12(2,3)4)6-5-10(9)8-13/h5-7,13H,8H2,1-4H3. The van der Waals surface area contributed by atoms with Crippen LogP contribution in [0.3, 0.4) is 0 Å². The molecule has 72 valence electrons. The summed E-state index contributed by atoms with van der Waals surface area (Å²) in [4.78, 5) is 0. The Balaban J connectivity index is 3.10. The molecule has 0 aliphatic rings. The van der Waals surface area contributed by atoms with Crippen molar-refractivity contribution in [1.29, 1.82) is 0 Å². The summed E-state index contributed by atoms with van der Waals surface area (Å²) in [6, 6.07) is 6.26. The maximum atomic E-state index is 9.01. The lowest BCUT2D eigenvalue weighted by Gasteiger charge is -2.20. The van der Waals surface area contributed by atoms with Gasteiger partial charge in [-0.2, -0.15) is 0 Å². The maximum Gasteiger partial charge on any atom is 0.0684 e. The first kappa shape index (κ1) is 10.3. The predicted octanol–water partition coefficient (Wildman–Crippen LogP) is 2.78. The van der Waals surface area contributed by atoms with Crippen LogP contribution in [0.4, 0.5) is 0 Å². The number of aliphatic hydroxyl groups is 1. The van der Waals surface area contributed by atoms with Crippen molar-refractivity contribution in [1.82, 2.24) is 0 Å². The summed E-state index contributed by atoms with van der Waals surface area (Å²) >= 11 is 0. The molecule has 0 bridgehead atoms. The van der Waals surface area contributed by atoms with E-state index in [4.69, 9.17) is 5.11 Å². The van der Waals surface area contributed by atoms with Crippen LogP contribution in [0.5, 0.6) is 0 Å². The lowest BCUT2D eigenvalue weighted by molar-refractivity contribution is 0.281. The zero-order valence-corrected chi connectivity index (χ0v) is 8.89. The molecule has 13 heavy (non-hydrogen) atoms. The molecule has 0 aliphatic carbocycles. The van der Waals surface area contributed by atoms with Gasteiger partial charge in [0.1, 0.15) is 0 Å². The van der Waals surface area contributed by atoms with Crippen LogP contribution in [0.15, 0.2) is 18.2 Å². The molecule has 1 rings (SSSR count). The fourth-order valence-electron chi connectivity index (χ4n) is 1.34. The van der Waals surface area contributed by atoms with Gasteiger partial charge in [0.25, 0.3) is 0 Å². The zero-order valence-electron chi connectivity index (χ0n) is 8.89. The number of hydrogen-bond acceptors (Lipinski definition) is 1. The van der Waals surface area contributed by atoms with Crippen LogP contribution in [0.2, 0.25) is 0 Å². The van der Waals surface area contributed by atoms with E-state index in [2.05, 4.69) is 32.9 Å². The van der Waals surface area contributed by atoms with Crippen LogP contribution in [0.1, 0.15) is 37.5 Å². The lowest BCUT2D eigenvalue weighted by Crippen LogP contribution is -2.11. The van der Waals surface area contributed by atoms with Gasteiger partial charge >= 0.3 is 0 Å². The van der Waals surface area contributed by atoms with Gasteiger partial charge in [0.05, 0.1) is 6.61 Å². The smallest absolute Gasteiger partial charge is 0.0684 e. The molecule has 0 spiro atoms. The van der Waals surface area contributed by atoms with E-state index in [1.807, 2.05) is 13.0 Å². The minimum Gasteiger partial charge on any atom is -0.392 e. The highest BCUT2D eigenvalue weighted by atomic mass is 16.3. The molecule has 1 N–H and O–H groups in total. The number of aliphatic hydroxyl groups excluding tert-OH is 1. The van der Waals surface area contributed by atoms with Crippen molar-refractivity contribution in [2.24, 2.45) is 0 Å². The van der Waals surface area contributed by atoms with Crippen molar-refractivity contribution in [2.75, 3.05) is 0 Å². The average molecular weight is 178 g/mol. The zero-order chi connectivity index (χ0) is 10.1. The Morgan fingerprint density at radius 1 is 1.23 bits per heavy atom. The molecule has 0 fully saturated rings. The van der Waals surface area contributed by atoms with Crippen molar-refractivity contribution < 1.29 is 5.11 Å². The van der Waals surface area contributed by atoms with Gasteiger partial charge in [0.2, 0.25) is 0 Å². The average Bonchev–Trinajstić information content (AvgIpc) is 2.02. The number of rotatable bonds is 1. The number of aryl methyl sites for hydroxylation is 1. The van der Waals surface area contributed by atoms with E-state index in [1.54, 1.807) is 0 Å². The summed E-state index contributed by atoms with van der Waals surface area (Å²) < 4.78 is 0. The Morgan fingerprint density at radius 3 is 2.23 bits per heavy atom. The second-order valence-electron chi connectivity index (χ2n) is 4.55. The first-order valence-corrected chi connectivity index (χ1v) is 4.66. The first-order chi connectivity index (χ1) is 5.95. The van der Waals surface area contributed by atoms with Crippen molar-refractivity contribution in [3.05, 3.63) is 34.9 Å². The SMILES string of the molecule is Cc1cc(C(C)(C)C)ccc1CO. The molecule has 0 amide bonds. The Morgan fingerprint density at radius 2 is 1.85 bits per heavy atom. The summed E-state index contributed by atoms with van der Waals surface area (Å²) in [6.45, 7) is 8.76. The monoisotopic (exact) mass is 178 g/mol. The lowest BCUT2D eigenvalue weighted by atomic mass is 9.85. The van der Waals surface area contributed by atoms with Gasteiger partial charge < -0.3 is 5.11 Å². The summed E-state index contributed by atoms with van der Waals surface area (Å²) in [7, 11) is 0. The van der Waals surface area contributed by atoms with Crippen LogP contribution in [-0.4, -0.2) is 5.11 Å². The second-order valence-corrected chi connectivity index (χ2v) is 4.55.